The molecule has 6 nitrogen and oxygen atoms in total. The molecule has 0 saturated carbocycles. The first-order valence-electron chi connectivity index (χ1n) is 10.7. The van der Waals surface area contributed by atoms with Crippen LogP contribution in [-0.2, 0) is 4.79 Å². The predicted octanol–water partition coefficient (Wildman–Crippen LogP) is 6.60. The second kappa shape index (κ2) is 9.00. The maximum absolute atomic E-state index is 12.4. The van der Waals surface area contributed by atoms with Crippen LogP contribution in [0.2, 0.25) is 5.02 Å². The van der Waals surface area contributed by atoms with Gasteiger partial charge in [0.1, 0.15) is 22.6 Å². The fourth-order valence-electron chi connectivity index (χ4n) is 3.68. The molecule has 0 radical (unpaired) electrons. The van der Waals surface area contributed by atoms with Crippen LogP contribution in [-0.4, -0.2) is 20.9 Å². The Bertz CT molecular complexity index is 1530. The number of rotatable bonds is 5. The average molecular weight is 469 g/mol. The van der Waals surface area contributed by atoms with Gasteiger partial charge >= 0.3 is 0 Å². The fourth-order valence-corrected chi connectivity index (χ4v) is 3.81. The van der Waals surface area contributed by atoms with Crippen molar-refractivity contribution in [2.24, 2.45) is 0 Å². The van der Waals surface area contributed by atoms with Gasteiger partial charge in [0.2, 0.25) is 5.91 Å². The van der Waals surface area contributed by atoms with Crippen molar-refractivity contribution in [3.8, 4) is 17.0 Å². The second-order valence-electron chi connectivity index (χ2n) is 8.01. The van der Waals surface area contributed by atoms with Crippen molar-refractivity contribution >= 4 is 40.3 Å². The third kappa shape index (κ3) is 4.63. The Kier molecular flexibility index (Phi) is 5.74. The van der Waals surface area contributed by atoms with Crippen LogP contribution in [0, 0.1) is 13.8 Å². The van der Waals surface area contributed by atoms with Crippen molar-refractivity contribution in [3.63, 3.8) is 0 Å². The molecule has 0 unspecified atom stereocenters. The molecule has 5 rings (SSSR count). The Morgan fingerprint density at radius 3 is 2.53 bits per heavy atom. The molecule has 7 heteroatoms. The summed E-state index contributed by atoms with van der Waals surface area (Å²) in [6.07, 6.45) is 3.06. The first kappa shape index (κ1) is 21.7. The van der Waals surface area contributed by atoms with E-state index in [0.29, 0.717) is 27.7 Å². The molecule has 0 spiro atoms. The number of hydrogen-bond donors (Lipinski definition) is 1. The second-order valence-corrected chi connectivity index (χ2v) is 8.45. The maximum Gasteiger partial charge on any atom is 0.248 e. The van der Waals surface area contributed by atoms with E-state index in [2.05, 4.69) is 28.5 Å². The van der Waals surface area contributed by atoms with E-state index in [-0.39, 0.29) is 5.91 Å². The lowest BCUT2D eigenvalue weighted by Crippen LogP contribution is -2.07. The maximum atomic E-state index is 12.4. The van der Waals surface area contributed by atoms with Gasteiger partial charge in [-0.25, -0.2) is 0 Å². The highest BCUT2D eigenvalue weighted by atomic mass is 35.5. The third-order valence-corrected chi connectivity index (χ3v) is 5.62. The number of benzene rings is 3. The van der Waals surface area contributed by atoms with Gasteiger partial charge < -0.3 is 9.73 Å². The molecule has 34 heavy (non-hydrogen) atoms. The predicted molar refractivity (Wildman–Crippen MR) is 135 cm³/mol. The molecule has 0 saturated heterocycles. The Morgan fingerprint density at radius 1 is 0.941 bits per heavy atom. The van der Waals surface area contributed by atoms with Crippen molar-refractivity contribution in [1.29, 1.82) is 0 Å². The van der Waals surface area contributed by atoms with Crippen LogP contribution in [0.4, 0.5) is 5.69 Å². The molecule has 0 aliphatic rings. The SMILES string of the molecule is Cc1ccc(-n2nc3ccc(NC(=O)/C=C/c4ccc(-c5ccc(Cl)cc5)o4)cc3n2)c(C)c1. The third-order valence-electron chi connectivity index (χ3n) is 5.37. The van der Waals surface area contributed by atoms with Crippen molar-refractivity contribution in [1.82, 2.24) is 15.0 Å². The van der Waals surface area contributed by atoms with Crippen LogP contribution in [0.1, 0.15) is 16.9 Å². The fraction of sp³-hybridized carbons (Fsp3) is 0.0741. The summed E-state index contributed by atoms with van der Waals surface area (Å²) in [5.74, 6) is 1.01. The number of nitrogens with one attached hydrogen (secondary N) is 1. The van der Waals surface area contributed by atoms with Gasteiger partial charge in [0.05, 0.1) is 5.69 Å². The molecule has 0 aliphatic carbocycles. The lowest BCUT2D eigenvalue weighted by molar-refractivity contribution is -0.111. The van der Waals surface area contributed by atoms with Crippen molar-refractivity contribution < 1.29 is 9.21 Å². The molecule has 5 aromatic rings. The number of hydrogen-bond acceptors (Lipinski definition) is 4. The summed E-state index contributed by atoms with van der Waals surface area (Å²) in [7, 11) is 0. The zero-order valence-electron chi connectivity index (χ0n) is 18.6. The molecule has 168 valence electrons. The minimum absolute atomic E-state index is 0.273. The first-order chi connectivity index (χ1) is 16.4. The number of furan rings is 1. The zero-order valence-corrected chi connectivity index (χ0v) is 19.4. The zero-order chi connectivity index (χ0) is 23.7. The monoisotopic (exact) mass is 468 g/mol. The van der Waals surface area contributed by atoms with Gasteiger partial charge in [0.25, 0.3) is 0 Å². The minimum Gasteiger partial charge on any atom is -0.457 e. The van der Waals surface area contributed by atoms with Gasteiger partial charge in [-0.1, -0.05) is 29.3 Å². The van der Waals surface area contributed by atoms with E-state index in [4.69, 9.17) is 16.0 Å². The van der Waals surface area contributed by atoms with Crippen molar-refractivity contribution in [3.05, 3.63) is 101 Å². The quantitative estimate of drug-likeness (QED) is 0.295. The summed E-state index contributed by atoms with van der Waals surface area (Å²) < 4.78 is 5.80. The van der Waals surface area contributed by atoms with Crippen LogP contribution >= 0.6 is 11.6 Å². The average Bonchev–Trinajstić information content (AvgIpc) is 3.45. The molecule has 2 aromatic heterocycles. The van der Waals surface area contributed by atoms with Crippen LogP contribution in [0.3, 0.4) is 0 Å². The molecule has 0 aliphatic heterocycles. The summed E-state index contributed by atoms with van der Waals surface area (Å²) in [4.78, 5) is 14.1. The Labute approximate surface area is 201 Å². The van der Waals surface area contributed by atoms with Crippen LogP contribution in [0.15, 0.2) is 83.3 Å². The number of aryl methyl sites for hydroxylation is 2. The Balaban J connectivity index is 1.29. The highest BCUT2D eigenvalue weighted by Crippen LogP contribution is 2.24. The molecule has 3 aromatic carbocycles. The minimum atomic E-state index is -0.273. The van der Waals surface area contributed by atoms with Gasteiger partial charge in [0.15, 0.2) is 0 Å². The molecule has 1 amide bonds. The van der Waals surface area contributed by atoms with E-state index in [9.17, 15) is 4.79 Å². The summed E-state index contributed by atoms with van der Waals surface area (Å²) >= 11 is 5.93. The smallest absolute Gasteiger partial charge is 0.248 e. The largest absolute Gasteiger partial charge is 0.457 e. The number of fused-ring (bicyclic) bond motifs is 1. The molecular formula is C27H21ClN4O2. The normalized spacial score (nSPS) is 11.4. The van der Waals surface area contributed by atoms with Gasteiger partial charge in [-0.2, -0.15) is 4.80 Å². The molecule has 2 heterocycles. The van der Waals surface area contributed by atoms with E-state index >= 15 is 0 Å². The number of nitrogens with zero attached hydrogens (tertiary/aromatic N) is 3. The number of halogens is 1. The van der Waals surface area contributed by atoms with Crippen molar-refractivity contribution in [2.45, 2.75) is 13.8 Å². The molecule has 0 fully saturated rings. The van der Waals surface area contributed by atoms with Crippen molar-refractivity contribution in [2.75, 3.05) is 5.32 Å². The summed E-state index contributed by atoms with van der Waals surface area (Å²) in [6.45, 7) is 4.09. The summed E-state index contributed by atoms with van der Waals surface area (Å²) in [6, 6.07) is 22.6. The molecule has 0 atom stereocenters. The van der Waals surface area contributed by atoms with Gasteiger partial charge in [-0.15, -0.1) is 10.2 Å². The standard InChI is InChI=1S/C27H21ClN4O2/c1-17-3-12-25(18(2)15-17)32-30-23-11-8-21(16-24(23)31-32)29-27(33)14-10-22-9-13-26(34-22)19-4-6-20(28)7-5-19/h3-16H,1-2H3,(H,29,33)/b14-10+. The van der Waals surface area contributed by atoms with Gasteiger partial charge in [-0.3, -0.25) is 4.79 Å². The Morgan fingerprint density at radius 2 is 1.74 bits per heavy atom. The number of aromatic nitrogens is 3. The first-order valence-corrected chi connectivity index (χ1v) is 11.1. The number of anilines is 1. The van der Waals surface area contributed by atoms with E-state index < -0.39 is 0 Å². The summed E-state index contributed by atoms with van der Waals surface area (Å²) in [5, 5.41) is 12.7. The number of carbonyl (C=O) groups is 1. The molecule has 1 N–H and O–H groups in total. The van der Waals surface area contributed by atoms with Crippen LogP contribution in [0.5, 0.6) is 0 Å². The highest BCUT2D eigenvalue weighted by molar-refractivity contribution is 6.30. The van der Waals surface area contributed by atoms with E-state index in [1.807, 2.05) is 49.4 Å². The van der Waals surface area contributed by atoms with E-state index in [1.54, 1.807) is 35.1 Å². The number of amides is 1. The van der Waals surface area contributed by atoms with E-state index in [0.717, 1.165) is 22.3 Å². The number of carbonyl (C=O) groups excluding carboxylic acids is 1. The topological polar surface area (TPSA) is 73.0 Å². The van der Waals surface area contributed by atoms with Gasteiger partial charge in [0, 0.05) is 22.3 Å². The molecular weight excluding hydrogens is 448 g/mol. The van der Waals surface area contributed by atoms with E-state index in [1.165, 1.54) is 11.6 Å². The van der Waals surface area contributed by atoms with Gasteiger partial charge in [-0.05, 0) is 86.2 Å². The summed E-state index contributed by atoms with van der Waals surface area (Å²) in [5.41, 5.74) is 6.20. The highest BCUT2D eigenvalue weighted by Gasteiger charge is 2.09. The van der Waals surface area contributed by atoms with Crippen LogP contribution in [0.25, 0.3) is 34.1 Å². The molecule has 0 bridgehead atoms. The lowest BCUT2D eigenvalue weighted by Gasteiger charge is -2.04. The Hall–Kier alpha value is -4.16. The van der Waals surface area contributed by atoms with Crippen LogP contribution < -0.4 is 5.32 Å². The lowest BCUT2D eigenvalue weighted by atomic mass is 10.1.